The minimum atomic E-state index is 0.160. The number of aromatic nitrogens is 3. The Balaban J connectivity index is 2.54. The average molecular weight is 299 g/mol. The maximum Gasteiger partial charge on any atom is 0.240 e. The normalized spacial score (nSPS) is 10.1. The lowest BCUT2D eigenvalue weighted by molar-refractivity contribution is 0.860. The maximum atomic E-state index is 8.74. The predicted molar refractivity (Wildman–Crippen MR) is 63.2 cm³/mol. The van der Waals surface area contributed by atoms with Crippen molar-refractivity contribution in [3.05, 3.63) is 33.5 Å². The van der Waals surface area contributed by atoms with Crippen molar-refractivity contribution in [1.29, 1.82) is 5.26 Å². The van der Waals surface area contributed by atoms with Gasteiger partial charge in [-0.15, -0.1) is 5.10 Å². The topological polar surface area (TPSA) is 80.5 Å². The number of benzene rings is 1. The summed E-state index contributed by atoms with van der Waals surface area (Å²) in [6.45, 7) is 0. The third-order valence-corrected chi connectivity index (χ3v) is 2.73. The molecule has 2 aromatic rings. The number of nitrogen functional groups attached to an aromatic ring is 1. The van der Waals surface area contributed by atoms with Gasteiger partial charge >= 0.3 is 0 Å². The van der Waals surface area contributed by atoms with Crippen LogP contribution in [-0.4, -0.2) is 14.8 Å². The van der Waals surface area contributed by atoms with E-state index >= 15 is 0 Å². The van der Waals surface area contributed by atoms with Crippen LogP contribution in [0.4, 0.5) is 5.95 Å². The summed E-state index contributed by atoms with van der Waals surface area (Å²) in [7, 11) is 0. The first-order valence-electron chi connectivity index (χ1n) is 4.20. The van der Waals surface area contributed by atoms with Crippen molar-refractivity contribution < 1.29 is 0 Å². The minimum absolute atomic E-state index is 0.160. The van der Waals surface area contributed by atoms with E-state index in [4.69, 9.17) is 22.6 Å². The molecule has 0 atom stereocenters. The Morgan fingerprint density at radius 3 is 2.75 bits per heavy atom. The summed E-state index contributed by atoms with van der Waals surface area (Å²) in [4.78, 5) is 3.90. The SMILES string of the molecule is N#Cc1ccc(-n2nc(N)nc2Br)cc1Cl. The van der Waals surface area contributed by atoms with Crippen molar-refractivity contribution in [2.45, 2.75) is 0 Å². The molecular weight excluding hydrogens is 293 g/mol. The van der Waals surface area contributed by atoms with Crippen molar-refractivity contribution in [3.8, 4) is 11.8 Å². The van der Waals surface area contributed by atoms with E-state index < -0.39 is 0 Å². The third kappa shape index (κ3) is 1.87. The van der Waals surface area contributed by atoms with Gasteiger partial charge in [0, 0.05) is 0 Å². The van der Waals surface area contributed by atoms with Gasteiger partial charge in [0.1, 0.15) is 6.07 Å². The average Bonchev–Trinajstić information content (AvgIpc) is 2.58. The van der Waals surface area contributed by atoms with Crippen LogP contribution in [0.3, 0.4) is 0 Å². The van der Waals surface area contributed by atoms with Crippen molar-refractivity contribution in [1.82, 2.24) is 14.8 Å². The van der Waals surface area contributed by atoms with Crippen LogP contribution in [-0.2, 0) is 0 Å². The van der Waals surface area contributed by atoms with Crippen molar-refractivity contribution in [2.24, 2.45) is 0 Å². The lowest BCUT2D eigenvalue weighted by Crippen LogP contribution is -1.98. The molecule has 0 radical (unpaired) electrons. The van der Waals surface area contributed by atoms with Crippen LogP contribution in [0, 0.1) is 11.3 Å². The number of hydrogen-bond donors (Lipinski definition) is 1. The van der Waals surface area contributed by atoms with Gasteiger partial charge in [0.15, 0.2) is 0 Å². The molecule has 0 aliphatic rings. The molecule has 80 valence electrons. The van der Waals surface area contributed by atoms with Gasteiger partial charge in [0.25, 0.3) is 0 Å². The van der Waals surface area contributed by atoms with Crippen molar-refractivity contribution in [2.75, 3.05) is 5.73 Å². The number of nitrogens with zero attached hydrogens (tertiary/aromatic N) is 4. The number of halogens is 2. The zero-order chi connectivity index (χ0) is 11.7. The molecule has 1 heterocycles. The fourth-order valence-electron chi connectivity index (χ4n) is 1.20. The first-order chi connectivity index (χ1) is 7.61. The van der Waals surface area contributed by atoms with Gasteiger partial charge in [0.05, 0.1) is 16.3 Å². The van der Waals surface area contributed by atoms with E-state index in [-0.39, 0.29) is 5.95 Å². The summed E-state index contributed by atoms with van der Waals surface area (Å²) in [5.41, 5.74) is 6.54. The van der Waals surface area contributed by atoms with Gasteiger partial charge < -0.3 is 5.73 Å². The van der Waals surface area contributed by atoms with Crippen LogP contribution in [0.15, 0.2) is 22.9 Å². The van der Waals surface area contributed by atoms with E-state index in [1.165, 1.54) is 4.68 Å². The summed E-state index contributed by atoms with van der Waals surface area (Å²) >= 11 is 9.12. The molecule has 1 aromatic heterocycles. The van der Waals surface area contributed by atoms with Crippen LogP contribution in [0.5, 0.6) is 0 Å². The number of rotatable bonds is 1. The smallest absolute Gasteiger partial charge is 0.240 e. The molecule has 0 aliphatic heterocycles. The fraction of sp³-hybridized carbons (Fsp3) is 0. The molecule has 16 heavy (non-hydrogen) atoms. The molecule has 2 N–H and O–H groups in total. The molecule has 0 aliphatic carbocycles. The number of hydrogen-bond acceptors (Lipinski definition) is 4. The second-order valence-corrected chi connectivity index (χ2v) is 4.04. The van der Waals surface area contributed by atoms with Crippen LogP contribution >= 0.6 is 27.5 Å². The molecular formula is C9H5BrClN5. The Morgan fingerprint density at radius 2 is 2.25 bits per heavy atom. The van der Waals surface area contributed by atoms with Crippen LogP contribution < -0.4 is 5.73 Å². The number of nitriles is 1. The molecule has 7 heteroatoms. The van der Waals surface area contributed by atoms with Crippen molar-refractivity contribution in [3.63, 3.8) is 0 Å². The molecule has 5 nitrogen and oxygen atoms in total. The summed E-state index contributed by atoms with van der Waals surface area (Å²) in [5.74, 6) is 0.160. The van der Waals surface area contributed by atoms with Gasteiger partial charge in [0.2, 0.25) is 10.7 Å². The zero-order valence-corrected chi connectivity index (χ0v) is 10.2. The second-order valence-electron chi connectivity index (χ2n) is 2.93. The first kappa shape index (κ1) is 10.9. The Morgan fingerprint density at radius 1 is 1.50 bits per heavy atom. The monoisotopic (exact) mass is 297 g/mol. The number of anilines is 1. The molecule has 0 amide bonds. The Bertz CT molecular complexity index is 586. The lowest BCUT2D eigenvalue weighted by Gasteiger charge is -2.02. The van der Waals surface area contributed by atoms with Crippen molar-refractivity contribution >= 4 is 33.5 Å². The number of nitrogens with two attached hydrogens (primary N) is 1. The Hall–Kier alpha value is -1.58. The molecule has 1 aromatic carbocycles. The minimum Gasteiger partial charge on any atom is -0.366 e. The Labute approximate surface area is 105 Å². The predicted octanol–water partition coefficient (Wildman–Crippen LogP) is 2.14. The summed E-state index contributed by atoms with van der Waals surface area (Å²) in [6.07, 6.45) is 0. The first-order valence-corrected chi connectivity index (χ1v) is 5.37. The molecule has 0 spiro atoms. The van der Waals surface area contributed by atoms with Gasteiger partial charge in [-0.2, -0.15) is 10.2 Å². The lowest BCUT2D eigenvalue weighted by atomic mass is 10.2. The molecule has 0 saturated heterocycles. The summed E-state index contributed by atoms with van der Waals surface area (Å²) < 4.78 is 1.97. The molecule has 0 unspecified atom stereocenters. The summed E-state index contributed by atoms with van der Waals surface area (Å²) in [5, 5.41) is 13.1. The second kappa shape index (κ2) is 4.12. The van der Waals surface area contributed by atoms with E-state index in [9.17, 15) is 0 Å². The van der Waals surface area contributed by atoms with E-state index in [1.54, 1.807) is 18.2 Å². The Kier molecular flexibility index (Phi) is 2.81. The van der Waals surface area contributed by atoms with E-state index in [1.807, 2.05) is 6.07 Å². The molecule has 0 saturated carbocycles. The quantitative estimate of drug-likeness (QED) is 0.874. The highest BCUT2D eigenvalue weighted by atomic mass is 79.9. The highest BCUT2D eigenvalue weighted by Gasteiger charge is 2.08. The van der Waals surface area contributed by atoms with E-state index in [0.717, 1.165) is 0 Å². The van der Waals surface area contributed by atoms with E-state index in [0.29, 0.717) is 21.0 Å². The highest BCUT2D eigenvalue weighted by molar-refractivity contribution is 9.10. The molecule has 0 fully saturated rings. The van der Waals surface area contributed by atoms with Gasteiger partial charge in [-0.3, -0.25) is 0 Å². The fourth-order valence-corrected chi connectivity index (χ4v) is 1.88. The summed E-state index contributed by atoms with van der Waals surface area (Å²) in [6, 6.07) is 6.93. The molecule has 2 rings (SSSR count). The zero-order valence-electron chi connectivity index (χ0n) is 7.85. The third-order valence-electron chi connectivity index (χ3n) is 1.90. The highest BCUT2D eigenvalue weighted by Crippen LogP contribution is 2.21. The van der Waals surface area contributed by atoms with Gasteiger partial charge in [-0.25, -0.2) is 4.68 Å². The maximum absolute atomic E-state index is 8.74. The van der Waals surface area contributed by atoms with Gasteiger partial charge in [-0.05, 0) is 34.1 Å². The molecule has 0 bridgehead atoms. The van der Waals surface area contributed by atoms with Gasteiger partial charge in [-0.1, -0.05) is 11.6 Å². The standard InChI is InChI=1S/C9H5BrClN5/c10-8-14-9(13)15-16(8)6-2-1-5(4-12)7(11)3-6/h1-3H,(H2,13,15). The largest absolute Gasteiger partial charge is 0.366 e. The van der Waals surface area contributed by atoms with Crippen LogP contribution in [0.2, 0.25) is 5.02 Å². The van der Waals surface area contributed by atoms with E-state index in [2.05, 4.69) is 26.0 Å². The van der Waals surface area contributed by atoms with Crippen LogP contribution in [0.1, 0.15) is 5.56 Å². The van der Waals surface area contributed by atoms with Crippen LogP contribution in [0.25, 0.3) is 5.69 Å².